The molecule has 5 heterocycles. The van der Waals surface area contributed by atoms with E-state index in [1.807, 2.05) is 48.1 Å². The Bertz CT molecular complexity index is 2880. The van der Waals surface area contributed by atoms with E-state index in [9.17, 15) is 0 Å². The van der Waals surface area contributed by atoms with Gasteiger partial charge >= 0.3 is 0 Å². The van der Waals surface area contributed by atoms with Crippen molar-refractivity contribution in [1.29, 1.82) is 0 Å². The van der Waals surface area contributed by atoms with Crippen LogP contribution in [0.3, 0.4) is 0 Å². The first-order valence-electron chi connectivity index (χ1n) is 36.0. The summed E-state index contributed by atoms with van der Waals surface area (Å²) in [7, 11) is 0. The van der Waals surface area contributed by atoms with Crippen molar-refractivity contribution in [3.05, 3.63) is 201 Å². The molecule has 0 bridgehead atoms. The van der Waals surface area contributed by atoms with Crippen LogP contribution in [0.1, 0.15) is 364 Å². The molecule has 7 heteroatoms. The van der Waals surface area contributed by atoms with Gasteiger partial charge in [-0.3, -0.25) is 19.6 Å². The van der Waals surface area contributed by atoms with Crippen LogP contribution in [0.2, 0.25) is 0 Å². The number of hydrogen-bond donors (Lipinski definition) is 0. The van der Waals surface area contributed by atoms with Gasteiger partial charge in [0.15, 0.2) is 0 Å². The van der Waals surface area contributed by atoms with Gasteiger partial charge in [0.1, 0.15) is 5.82 Å². The largest absolute Gasteiger partial charge is 0.267 e. The maximum Gasteiger partial charge on any atom is 0.133 e. The molecule has 0 saturated carbocycles. The predicted molar refractivity (Wildman–Crippen MR) is 428 cm³/mol. The third kappa shape index (κ3) is 32.4. The Balaban J connectivity index is 0.000000566. The number of nitrogens with zero attached hydrogens (tertiary/aromatic N) is 7. The molecule has 0 unspecified atom stereocenters. The summed E-state index contributed by atoms with van der Waals surface area (Å²) in [6.45, 7) is 92.8. The van der Waals surface area contributed by atoms with Crippen LogP contribution in [0.5, 0.6) is 0 Å². The van der Waals surface area contributed by atoms with Crippen molar-refractivity contribution >= 4 is 0 Å². The molecule has 0 saturated heterocycles. The van der Waals surface area contributed by atoms with Crippen LogP contribution in [0.25, 0.3) is 0 Å². The van der Waals surface area contributed by atoms with Crippen LogP contribution in [0.4, 0.5) is 0 Å². The van der Waals surface area contributed by atoms with Gasteiger partial charge in [-0.15, -0.1) is 0 Å². The van der Waals surface area contributed by atoms with Gasteiger partial charge in [0.2, 0.25) is 0 Å². The zero-order chi connectivity index (χ0) is 76.2. The molecule has 0 fully saturated rings. The molecule has 0 aliphatic carbocycles. The average molecular weight is 1330 g/mol. The molecular formula is C90H147N7. The van der Waals surface area contributed by atoms with Crippen LogP contribution < -0.4 is 0 Å². The van der Waals surface area contributed by atoms with E-state index in [2.05, 4.69) is 406 Å². The van der Waals surface area contributed by atoms with Crippen LogP contribution in [0, 0.1) is 0 Å². The quantitative estimate of drug-likeness (QED) is 0.150. The van der Waals surface area contributed by atoms with Crippen molar-refractivity contribution < 1.29 is 0 Å². The van der Waals surface area contributed by atoms with Gasteiger partial charge < -0.3 is 0 Å². The highest BCUT2D eigenvalue weighted by atomic mass is 15.3. The van der Waals surface area contributed by atoms with Crippen LogP contribution in [0.15, 0.2) is 128 Å². The Morgan fingerprint density at radius 1 is 0.227 bits per heavy atom. The number of pyridine rings is 3. The molecule has 7 aromatic rings. The summed E-state index contributed by atoms with van der Waals surface area (Å²) in [5.74, 6) is 0.908. The molecule has 0 spiro atoms. The number of aromatic nitrogens is 7. The van der Waals surface area contributed by atoms with E-state index in [1.54, 1.807) is 0 Å². The molecule has 0 amide bonds. The maximum absolute atomic E-state index is 4.52. The van der Waals surface area contributed by atoms with Crippen LogP contribution in [-0.2, 0) is 75.9 Å². The summed E-state index contributed by atoms with van der Waals surface area (Å²) >= 11 is 0. The summed E-state index contributed by atoms with van der Waals surface area (Å²) in [6, 6.07) is 28.9. The van der Waals surface area contributed by atoms with E-state index in [0.29, 0.717) is 0 Å². The molecule has 0 radical (unpaired) electrons. The van der Waals surface area contributed by atoms with Crippen LogP contribution in [-0.4, -0.2) is 34.7 Å². The minimum atomic E-state index is 0.0381. The van der Waals surface area contributed by atoms with E-state index in [1.165, 1.54) is 61.3 Å². The topological polar surface area (TPSA) is 82.3 Å². The first kappa shape index (κ1) is 89.2. The van der Waals surface area contributed by atoms with Crippen molar-refractivity contribution in [2.24, 2.45) is 0 Å². The fraction of sp³-hybridized carbons (Fsp3) is 0.622. The second-order valence-corrected chi connectivity index (χ2v) is 41.4. The second-order valence-electron chi connectivity index (χ2n) is 41.4. The number of hydrogen-bond acceptors (Lipinski definition) is 6. The molecule has 97 heavy (non-hydrogen) atoms. The summed E-state index contributed by atoms with van der Waals surface area (Å²) in [6.07, 6.45) is 15.8. The van der Waals surface area contributed by atoms with Gasteiger partial charge in [-0.25, -0.2) is 9.97 Å². The van der Waals surface area contributed by atoms with E-state index in [4.69, 9.17) is 0 Å². The minimum Gasteiger partial charge on any atom is -0.267 e. The normalized spacial score (nSPS) is 13.1. The Morgan fingerprint density at radius 2 is 0.546 bits per heavy atom. The van der Waals surface area contributed by atoms with Crippen molar-refractivity contribution in [1.82, 2.24) is 34.7 Å². The lowest BCUT2D eigenvalue weighted by Crippen LogP contribution is -2.22. The Kier molecular flexibility index (Phi) is 30.4. The van der Waals surface area contributed by atoms with Gasteiger partial charge in [0.05, 0.1) is 11.7 Å². The molecule has 7 nitrogen and oxygen atoms in total. The Hall–Kier alpha value is -5.82. The lowest BCUT2D eigenvalue weighted by Gasteiger charge is -2.24. The molecule has 0 aliphatic rings. The highest BCUT2D eigenvalue weighted by Gasteiger charge is 2.26. The molecular weight excluding hydrogens is 1180 g/mol. The summed E-state index contributed by atoms with van der Waals surface area (Å²) in [4.78, 5) is 22.1. The minimum absolute atomic E-state index is 0.0381. The summed E-state index contributed by atoms with van der Waals surface area (Å²) in [5.41, 5.74) is 18.3. The fourth-order valence-electron chi connectivity index (χ4n) is 8.95. The first-order chi connectivity index (χ1) is 43.0. The zero-order valence-electron chi connectivity index (χ0n) is 70.8. The fourth-order valence-corrected chi connectivity index (χ4v) is 8.95. The number of rotatable bonds is 0. The van der Waals surface area contributed by atoms with Gasteiger partial charge in [0.25, 0.3) is 0 Å². The van der Waals surface area contributed by atoms with Crippen LogP contribution >= 0.6 is 0 Å². The predicted octanol–water partition coefficient (Wildman–Crippen LogP) is 25.6. The van der Waals surface area contributed by atoms with Gasteiger partial charge in [-0.05, 0) is 149 Å². The first-order valence-corrected chi connectivity index (χ1v) is 36.0. The van der Waals surface area contributed by atoms with Gasteiger partial charge in [-0.2, -0.15) is 5.10 Å². The standard InChI is InChI=1S/2C14H22.3C13H21N.C12H20N2.C11H20N2/c1-13(2,3)11-7-9-12(10-8-11)14(4,5)6;1-13(2,3)11-8-7-9-12(10-11)14(4,5)6;1-12(2,3)10-7-11(9-14-8-10)13(4,5)6;1-12(2,3)10-7-8-14-11(9-10)13(4,5)6;1-12(2,3)10-7-8-11(14-9-10)13(4,5)6;1-11(2,3)9-7-13-10(14-8-9)12(4,5)6;1-10(2,3)9-7-12-13(8-9)11(4,5)6/h2*7-10H,1-6H3;3*7-9H,1-6H3;7-8H,1-6H3;7-8H,1-6H3. The highest BCUT2D eigenvalue weighted by Crippen LogP contribution is 2.33. The summed E-state index contributed by atoms with van der Waals surface area (Å²) in [5, 5.41) is 4.37. The van der Waals surface area contributed by atoms with Gasteiger partial charge in [0, 0.05) is 71.0 Å². The maximum atomic E-state index is 4.52. The van der Waals surface area contributed by atoms with E-state index in [0.717, 1.165) is 11.5 Å². The van der Waals surface area contributed by atoms with Crippen molar-refractivity contribution in [3.8, 4) is 0 Å². The third-order valence-electron chi connectivity index (χ3n) is 16.8. The van der Waals surface area contributed by atoms with Crippen molar-refractivity contribution in [2.75, 3.05) is 0 Å². The van der Waals surface area contributed by atoms with Gasteiger partial charge in [-0.1, -0.05) is 331 Å². The lowest BCUT2D eigenvalue weighted by molar-refractivity contribution is 0.354. The Labute approximate surface area is 599 Å². The monoisotopic (exact) mass is 1330 g/mol. The molecule has 0 aliphatic heterocycles. The zero-order valence-corrected chi connectivity index (χ0v) is 70.8. The summed E-state index contributed by atoms with van der Waals surface area (Å²) < 4.78 is 2.02. The molecule has 7 rings (SSSR count). The second kappa shape index (κ2) is 33.1. The third-order valence-corrected chi connectivity index (χ3v) is 16.8. The van der Waals surface area contributed by atoms with E-state index < -0.39 is 0 Å². The Morgan fingerprint density at radius 3 is 0.825 bits per heavy atom. The number of benzene rings is 2. The smallest absolute Gasteiger partial charge is 0.133 e. The van der Waals surface area contributed by atoms with E-state index >= 15 is 0 Å². The highest BCUT2D eigenvalue weighted by molar-refractivity contribution is 5.34. The van der Waals surface area contributed by atoms with Crippen molar-refractivity contribution in [3.63, 3.8) is 0 Å². The SMILES string of the molecule is CC(C)(C)c1ccc(C(C)(C)C)cc1.CC(C)(C)c1ccc(C(C)(C)C)nc1.CC(C)(C)c1cccc(C(C)(C)C)c1.CC(C)(C)c1ccnc(C(C)(C)C)c1.CC(C)(C)c1cnc(C(C)(C)C)nc1.CC(C)(C)c1cncc(C(C)(C)C)c1.CC(C)(C)c1cnn(C(C)(C)C)c1. The molecule has 0 N–H and O–H groups in total. The van der Waals surface area contributed by atoms with Crippen molar-refractivity contribution in [2.45, 2.75) is 367 Å². The molecule has 5 aromatic heterocycles. The van der Waals surface area contributed by atoms with E-state index in [-0.39, 0.29) is 75.9 Å². The molecule has 0 atom stereocenters. The average Bonchev–Trinajstić information content (AvgIpc) is 1.20. The lowest BCUT2D eigenvalue weighted by atomic mass is 9.81. The molecule has 542 valence electrons. The molecule has 2 aromatic carbocycles.